The van der Waals surface area contributed by atoms with Crippen LogP contribution in [0.1, 0.15) is 37.2 Å². The fourth-order valence-corrected chi connectivity index (χ4v) is 1.71. The van der Waals surface area contributed by atoms with Crippen molar-refractivity contribution in [3.63, 3.8) is 0 Å². The Hall–Kier alpha value is -0.990. The summed E-state index contributed by atoms with van der Waals surface area (Å²) in [5.41, 5.74) is 8.22. The molecule has 1 saturated carbocycles. The van der Waals surface area contributed by atoms with Crippen LogP contribution in [0.15, 0.2) is 0 Å². The van der Waals surface area contributed by atoms with Gasteiger partial charge in [0.05, 0.1) is 5.69 Å². The van der Waals surface area contributed by atoms with Crippen LogP contribution in [-0.4, -0.2) is 9.55 Å². The van der Waals surface area contributed by atoms with Gasteiger partial charge in [0, 0.05) is 11.7 Å². The Morgan fingerprint density at radius 1 is 1.58 bits per heavy atom. The van der Waals surface area contributed by atoms with Crippen molar-refractivity contribution < 1.29 is 0 Å². The van der Waals surface area contributed by atoms with E-state index in [-0.39, 0.29) is 0 Å². The highest BCUT2D eigenvalue weighted by Gasteiger charge is 2.27. The lowest BCUT2D eigenvalue weighted by Crippen LogP contribution is -2.02. The molecular formula is C9H15N3. The van der Waals surface area contributed by atoms with Crippen molar-refractivity contribution in [2.45, 2.75) is 39.2 Å². The average Bonchev–Trinajstić information content (AvgIpc) is 2.80. The van der Waals surface area contributed by atoms with Crippen molar-refractivity contribution in [1.29, 1.82) is 0 Å². The molecule has 0 aliphatic heterocycles. The van der Waals surface area contributed by atoms with Crippen LogP contribution in [0.5, 0.6) is 0 Å². The first-order valence-corrected chi connectivity index (χ1v) is 4.57. The smallest absolute Gasteiger partial charge is 0.200 e. The summed E-state index contributed by atoms with van der Waals surface area (Å²) in [6, 6.07) is 0.651. The minimum Gasteiger partial charge on any atom is -0.369 e. The second-order valence-electron chi connectivity index (χ2n) is 3.46. The predicted molar refractivity (Wildman–Crippen MR) is 49.0 cm³/mol. The summed E-state index contributed by atoms with van der Waals surface area (Å²) < 4.78 is 2.18. The van der Waals surface area contributed by atoms with Crippen LogP contribution in [0.3, 0.4) is 0 Å². The molecular weight excluding hydrogens is 150 g/mol. The number of rotatable bonds is 2. The van der Waals surface area contributed by atoms with E-state index in [4.69, 9.17) is 5.73 Å². The van der Waals surface area contributed by atoms with E-state index in [1.54, 1.807) is 0 Å². The third-order valence-corrected chi connectivity index (χ3v) is 2.52. The molecule has 1 aromatic rings. The monoisotopic (exact) mass is 165 g/mol. The first kappa shape index (κ1) is 7.65. The van der Waals surface area contributed by atoms with E-state index in [1.165, 1.54) is 18.5 Å². The van der Waals surface area contributed by atoms with Crippen LogP contribution in [0, 0.1) is 6.92 Å². The molecule has 3 heteroatoms. The molecule has 1 fully saturated rings. The van der Waals surface area contributed by atoms with Crippen molar-refractivity contribution >= 4 is 5.95 Å². The van der Waals surface area contributed by atoms with Gasteiger partial charge in [-0.3, -0.25) is 0 Å². The first-order chi connectivity index (χ1) is 5.74. The zero-order valence-corrected chi connectivity index (χ0v) is 7.67. The maximum absolute atomic E-state index is 5.81. The van der Waals surface area contributed by atoms with Gasteiger partial charge < -0.3 is 10.3 Å². The third kappa shape index (κ3) is 1.00. The van der Waals surface area contributed by atoms with Crippen molar-refractivity contribution in [3.8, 4) is 0 Å². The quantitative estimate of drug-likeness (QED) is 0.724. The Morgan fingerprint density at radius 2 is 2.25 bits per heavy atom. The Bertz CT molecular complexity index is 297. The second kappa shape index (κ2) is 2.51. The van der Waals surface area contributed by atoms with Gasteiger partial charge in [0.1, 0.15) is 0 Å². The second-order valence-corrected chi connectivity index (χ2v) is 3.46. The number of nitrogen functional groups attached to an aromatic ring is 1. The number of anilines is 1. The van der Waals surface area contributed by atoms with E-state index in [0.29, 0.717) is 12.0 Å². The van der Waals surface area contributed by atoms with E-state index < -0.39 is 0 Å². The number of hydrogen-bond acceptors (Lipinski definition) is 2. The highest BCUT2D eigenvalue weighted by atomic mass is 15.2. The molecule has 66 valence electrons. The lowest BCUT2D eigenvalue weighted by atomic mass is 10.3. The van der Waals surface area contributed by atoms with Gasteiger partial charge in [0.25, 0.3) is 0 Å². The molecule has 0 amide bonds. The zero-order valence-electron chi connectivity index (χ0n) is 7.67. The van der Waals surface area contributed by atoms with Gasteiger partial charge in [-0.2, -0.15) is 0 Å². The number of imidazole rings is 1. The molecule has 0 bridgehead atoms. The summed E-state index contributed by atoms with van der Waals surface area (Å²) >= 11 is 0. The van der Waals surface area contributed by atoms with Crippen LogP contribution in [0.25, 0.3) is 0 Å². The maximum Gasteiger partial charge on any atom is 0.200 e. The standard InChI is InChI=1S/C9H15N3/c1-3-8-6(2)12(7-4-5-7)9(10)11-8/h7H,3-5H2,1-2H3,(H2,10,11). The Labute approximate surface area is 72.6 Å². The van der Waals surface area contributed by atoms with Crippen molar-refractivity contribution in [3.05, 3.63) is 11.4 Å². The molecule has 0 atom stereocenters. The van der Waals surface area contributed by atoms with Gasteiger partial charge in [-0.15, -0.1) is 0 Å². The summed E-state index contributed by atoms with van der Waals surface area (Å²) in [5.74, 6) is 0.701. The van der Waals surface area contributed by atoms with E-state index in [2.05, 4.69) is 23.4 Å². The van der Waals surface area contributed by atoms with E-state index in [1.807, 2.05) is 0 Å². The largest absolute Gasteiger partial charge is 0.369 e. The van der Waals surface area contributed by atoms with E-state index >= 15 is 0 Å². The summed E-state index contributed by atoms with van der Waals surface area (Å²) in [5, 5.41) is 0. The molecule has 3 nitrogen and oxygen atoms in total. The van der Waals surface area contributed by atoms with Crippen molar-refractivity contribution in [2.75, 3.05) is 5.73 Å². The summed E-state index contributed by atoms with van der Waals surface area (Å²) in [6.45, 7) is 4.23. The Morgan fingerprint density at radius 3 is 2.67 bits per heavy atom. The van der Waals surface area contributed by atoms with Gasteiger partial charge in [-0.25, -0.2) is 4.98 Å². The van der Waals surface area contributed by atoms with E-state index in [0.717, 1.165) is 12.1 Å². The van der Waals surface area contributed by atoms with Crippen molar-refractivity contribution in [1.82, 2.24) is 9.55 Å². The minimum atomic E-state index is 0.651. The minimum absolute atomic E-state index is 0.651. The summed E-state index contributed by atoms with van der Waals surface area (Å²) in [7, 11) is 0. The molecule has 1 aliphatic carbocycles. The highest BCUT2D eigenvalue weighted by molar-refractivity contribution is 5.30. The SMILES string of the molecule is CCc1nc(N)n(C2CC2)c1C. The molecule has 1 aromatic heterocycles. The van der Waals surface area contributed by atoms with Crippen LogP contribution in [0.2, 0.25) is 0 Å². The van der Waals surface area contributed by atoms with Gasteiger partial charge in [0.2, 0.25) is 5.95 Å². The van der Waals surface area contributed by atoms with Crippen molar-refractivity contribution in [2.24, 2.45) is 0 Å². The molecule has 0 unspecified atom stereocenters. The molecule has 0 radical (unpaired) electrons. The van der Waals surface area contributed by atoms with E-state index in [9.17, 15) is 0 Å². The molecule has 1 aliphatic rings. The highest BCUT2D eigenvalue weighted by Crippen LogP contribution is 2.38. The normalized spacial score (nSPS) is 16.8. The maximum atomic E-state index is 5.81. The summed E-state index contributed by atoms with van der Waals surface area (Å²) in [6.07, 6.45) is 3.52. The molecule has 1 heterocycles. The van der Waals surface area contributed by atoms with Gasteiger partial charge in [-0.1, -0.05) is 6.92 Å². The van der Waals surface area contributed by atoms with Crippen LogP contribution in [-0.2, 0) is 6.42 Å². The molecule has 0 saturated heterocycles. The third-order valence-electron chi connectivity index (χ3n) is 2.52. The lowest BCUT2D eigenvalue weighted by Gasteiger charge is -2.03. The molecule has 2 rings (SSSR count). The number of nitrogens with two attached hydrogens (primary N) is 1. The molecule has 2 N–H and O–H groups in total. The topological polar surface area (TPSA) is 43.8 Å². The fourth-order valence-electron chi connectivity index (χ4n) is 1.71. The number of aromatic nitrogens is 2. The first-order valence-electron chi connectivity index (χ1n) is 4.57. The predicted octanol–water partition coefficient (Wildman–Crippen LogP) is 1.67. The Balaban J connectivity index is 2.44. The Kier molecular flexibility index (Phi) is 1.60. The van der Waals surface area contributed by atoms with Crippen LogP contribution in [0.4, 0.5) is 5.95 Å². The molecule has 0 spiro atoms. The van der Waals surface area contributed by atoms with Gasteiger partial charge >= 0.3 is 0 Å². The molecule has 12 heavy (non-hydrogen) atoms. The van der Waals surface area contributed by atoms with Crippen LogP contribution < -0.4 is 5.73 Å². The van der Waals surface area contributed by atoms with Crippen LogP contribution >= 0.6 is 0 Å². The molecule has 0 aromatic carbocycles. The fraction of sp³-hybridized carbons (Fsp3) is 0.667. The number of hydrogen-bond donors (Lipinski definition) is 1. The summed E-state index contributed by atoms with van der Waals surface area (Å²) in [4.78, 5) is 4.33. The average molecular weight is 165 g/mol. The zero-order chi connectivity index (χ0) is 8.72. The number of nitrogens with zero attached hydrogens (tertiary/aromatic N) is 2. The lowest BCUT2D eigenvalue weighted by molar-refractivity contribution is 0.726. The number of aryl methyl sites for hydroxylation is 1. The van der Waals surface area contributed by atoms with Gasteiger partial charge in [0.15, 0.2) is 0 Å². The van der Waals surface area contributed by atoms with Gasteiger partial charge in [-0.05, 0) is 26.2 Å².